The normalized spacial score (nSPS) is 9.95. The second-order valence-corrected chi connectivity index (χ2v) is 4.03. The summed E-state index contributed by atoms with van der Waals surface area (Å²) in [6, 6.07) is 10.6. The van der Waals surface area contributed by atoms with E-state index in [1.807, 2.05) is 5.43 Å². The molecule has 0 spiro atoms. The number of hydrogen-bond acceptors (Lipinski definition) is 6. The molecule has 0 aliphatic carbocycles. The van der Waals surface area contributed by atoms with Crippen LogP contribution in [0.2, 0.25) is 0 Å². The topological polar surface area (TPSA) is 120 Å². The number of non-ortho nitro benzene ring substituents is 1. The molecule has 0 saturated heterocycles. The maximum atomic E-state index is 11.3. The molecule has 2 rings (SSSR count). The molecule has 3 N–H and O–H groups in total. The smallest absolute Gasteiger partial charge is 0.283 e. The van der Waals surface area contributed by atoms with Crippen LogP contribution in [-0.4, -0.2) is 15.8 Å². The number of nitrogens with one attached hydrogen (secondary N) is 1. The van der Waals surface area contributed by atoms with Crippen molar-refractivity contribution >= 4 is 11.6 Å². The molecular formula is C13H12N4O4. The fraction of sp³-hybridized carbons (Fsp3) is 0.0769. The van der Waals surface area contributed by atoms with E-state index in [1.165, 1.54) is 30.3 Å². The Morgan fingerprint density at radius 2 is 2.00 bits per heavy atom. The average Bonchev–Trinajstić information content (AvgIpc) is 2.52. The number of ether oxygens (including phenoxy) is 1. The number of benzene rings is 1. The first-order valence-electron chi connectivity index (χ1n) is 5.94. The molecule has 108 valence electrons. The minimum atomic E-state index is -0.493. The molecule has 8 nitrogen and oxygen atoms in total. The largest absolute Gasteiger partial charge is 0.487 e. The zero-order valence-corrected chi connectivity index (χ0v) is 10.9. The summed E-state index contributed by atoms with van der Waals surface area (Å²) in [6.45, 7) is 0.128. The number of pyridine rings is 1. The molecule has 0 radical (unpaired) electrons. The quantitative estimate of drug-likeness (QED) is 0.369. The van der Waals surface area contributed by atoms with Gasteiger partial charge in [-0.2, -0.15) is 0 Å². The molecule has 0 fully saturated rings. The van der Waals surface area contributed by atoms with Gasteiger partial charge in [0.2, 0.25) is 0 Å². The van der Waals surface area contributed by atoms with E-state index in [-0.39, 0.29) is 18.0 Å². The first-order chi connectivity index (χ1) is 10.1. The van der Waals surface area contributed by atoms with Crippen molar-refractivity contribution < 1.29 is 14.5 Å². The minimum Gasteiger partial charge on any atom is -0.487 e. The number of nitrogens with two attached hydrogens (primary N) is 1. The fourth-order valence-electron chi connectivity index (χ4n) is 1.58. The molecule has 8 heteroatoms. The van der Waals surface area contributed by atoms with Gasteiger partial charge in [-0.1, -0.05) is 6.07 Å². The summed E-state index contributed by atoms with van der Waals surface area (Å²) in [4.78, 5) is 25.5. The van der Waals surface area contributed by atoms with Crippen LogP contribution in [0.25, 0.3) is 0 Å². The zero-order valence-electron chi connectivity index (χ0n) is 10.9. The predicted octanol–water partition coefficient (Wildman–Crippen LogP) is 1.17. The van der Waals surface area contributed by atoms with Crippen LogP contribution < -0.4 is 16.0 Å². The number of rotatable bonds is 5. The first kappa shape index (κ1) is 14.4. The highest BCUT2D eigenvalue weighted by atomic mass is 16.6. The summed E-state index contributed by atoms with van der Waals surface area (Å²) in [7, 11) is 0. The van der Waals surface area contributed by atoms with Gasteiger partial charge in [0.1, 0.15) is 18.1 Å². The summed E-state index contributed by atoms with van der Waals surface area (Å²) in [5.74, 6) is 5.01. The lowest BCUT2D eigenvalue weighted by atomic mass is 10.3. The Bertz CT molecular complexity index is 657. The molecule has 2 aromatic rings. The monoisotopic (exact) mass is 288 g/mol. The molecule has 1 amide bonds. The van der Waals surface area contributed by atoms with Gasteiger partial charge < -0.3 is 4.74 Å². The molecule has 1 aromatic carbocycles. The highest BCUT2D eigenvalue weighted by Crippen LogP contribution is 2.18. The van der Waals surface area contributed by atoms with E-state index in [9.17, 15) is 14.9 Å². The third-order valence-electron chi connectivity index (χ3n) is 2.60. The number of nitrogen functional groups attached to an aromatic ring is 1. The molecule has 1 heterocycles. The third-order valence-corrected chi connectivity index (χ3v) is 2.60. The Hall–Kier alpha value is -3.00. The molecule has 0 atom stereocenters. The van der Waals surface area contributed by atoms with Gasteiger partial charge in [0, 0.05) is 12.1 Å². The summed E-state index contributed by atoms with van der Waals surface area (Å²) in [6.07, 6.45) is 0. The number of hydrazine groups is 1. The molecule has 1 aromatic heterocycles. The highest BCUT2D eigenvalue weighted by Gasteiger charge is 2.07. The second-order valence-electron chi connectivity index (χ2n) is 4.03. The number of carbonyl (C=O) groups is 1. The standard InChI is InChI=1S/C13H12N4O4/c14-16-13(18)12-3-1-2-9(15-12)8-21-11-6-4-10(5-7-11)17(19)20/h1-7H,8,14H2,(H,16,18). The molecule has 0 unspecified atom stereocenters. The van der Waals surface area contributed by atoms with E-state index >= 15 is 0 Å². The highest BCUT2D eigenvalue weighted by molar-refractivity contribution is 5.91. The van der Waals surface area contributed by atoms with E-state index in [4.69, 9.17) is 10.6 Å². The molecular weight excluding hydrogens is 276 g/mol. The van der Waals surface area contributed by atoms with Crippen LogP contribution in [0.1, 0.15) is 16.2 Å². The Balaban J connectivity index is 2.02. The van der Waals surface area contributed by atoms with E-state index < -0.39 is 10.8 Å². The first-order valence-corrected chi connectivity index (χ1v) is 5.94. The van der Waals surface area contributed by atoms with E-state index in [0.29, 0.717) is 11.4 Å². The molecule has 0 saturated carbocycles. The third kappa shape index (κ3) is 3.74. The van der Waals surface area contributed by atoms with Crippen molar-refractivity contribution in [1.82, 2.24) is 10.4 Å². The van der Waals surface area contributed by atoms with Crippen LogP contribution in [0.5, 0.6) is 5.75 Å². The molecule has 0 aliphatic rings. The summed E-state index contributed by atoms with van der Waals surface area (Å²) >= 11 is 0. The van der Waals surface area contributed by atoms with Crippen molar-refractivity contribution in [3.8, 4) is 5.75 Å². The number of aromatic nitrogens is 1. The minimum absolute atomic E-state index is 0.0120. The molecule has 0 aliphatic heterocycles. The van der Waals surface area contributed by atoms with Gasteiger partial charge in [0.25, 0.3) is 11.6 Å². The maximum Gasteiger partial charge on any atom is 0.283 e. The predicted molar refractivity (Wildman–Crippen MR) is 73.3 cm³/mol. The average molecular weight is 288 g/mol. The number of nitro groups is 1. The van der Waals surface area contributed by atoms with Crippen molar-refractivity contribution in [2.45, 2.75) is 6.61 Å². The van der Waals surface area contributed by atoms with Gasteiger partial charge >= 0.3 is 0 Å². The van der Waals surface area contributed by atoms with Gasteiger partial charge in [-0.25, -0.2) is 10.8 Å². The SMILES string of the molecule is NNC(=O)c1cccc(COc2ccc([N+](=O)[O-])cc2)n1. The van der Waals surface area contributed by atoms with Gasteiger partial charge in [-0.05, 0) is 24.3 Å². The Kier molecular flexibility index (Phi) is 4.42. The lowest BCUT2D eigenvalue weighted by Crippen LogP contribution is -2.30. The van der Waals surface area contributed by atoms with Crippen LogP contribution in [-0.2, 0) is 6.61 Å². The second kappa shape index (κ2) is 6.44. The van der Waals surface area contributed by atoms with Crippen LogP contribution in [0.15, 0.2) is 42.5 Å². The van der Waals surface area contributed by atoms with E-state index in [2.05, 4.69) is 4.98 Å². The van der Waals surface area contributed by atoms with E-state index in [0.717, 1.165) is 0 Å². The van der Waals surface area contributed by atoms with Gasteiger partial charge in [-0.3, -0.25) is 20.3 Å². The van der Waals surface area contributed by atoms with Crippen molar-refractivity contribution in [1.29, 1.82) is 0 Å². The van der Waals surface area contributed by atoms with Crippen molar-refractivity contribution in [3.63, 3.8) is 0 Å². The summed E-state index contributed by atoms with van der Waals surface area (Å²) in [5, 5.41) is 10.5. The Morgan fingerprint density at radius 1 is 1.29 bits per heavy atom. The maximum absolute atomic E-state index is 11.3. The van der Waals surface area contributed by atoms with Gasteiger partial charge in [0.05, 0.1) is 10.6 Å². The molecule has 21 heavy (non-hydrogen) atoms. The Labute approximate surface area is 119 Å². The number of amides is 1. The summed E-state index contributed by atoms with van der Waals surface area (Å²) < 4.78 is 5.45. The lowest BCUT2D eigenvalue weighted by molar-refractivity contribution is -0.384. The number of carbonyl (C=O) groups excluding carboxylic acids is 1. The van der Waals surface area contributed by atoms with Crippen LogP contribution >= 0.6 is 0 Å². The number of hydrogen-bond donors (Lipinski definition) is 2. The summed E-state index contributed by atoms with van der Waals surface area (Å²) in [5.41, 5.74) is 2.70. The fourth-order valence-corrected chi connectivity index (χ4v) is 1.58. The van der Waals surface area contributed by atoms with Crippen molar-refractivity contribution in [3.05, 3.63) is 64.0 Å². The van der Waals surface area contributed by atoms with Crippen molar-refractivity contribution in [2.75, 3.05) is 0 Å². The van der Waals surface area contributed by atoms with E-state index in [1.54, 1.807) is 12.1 Å². The zero-order chi connectivity index (χ0) is 15.2. The molecule has 0 bridgehead atoms. The van der Waals surface area contributed by atoms with Crippen LogP contribution in [0, 0.1) is 10.1 Å². The van der Waals surface area contributed by atoms with Crippen LogP contribution in [0.3, 0.4) is 0 Å². The van der Waals surface area contributed by atoms with Gasteiger partial charge in [0.15, 0.2) is 0 Å². The number of nitro benzene ring substituents is 1. The Morgan fingerprint density at radius 3 is 2.62 bits per heavy atom. The van der Waals surface area contributed by atoms with Gasteiger partial charge in [-0.15, -0.1) is 0 Å². The van der Waals surface area contributed by atoms with Crippen LogP contribution in [0.4, 0.5) is 5.69 Å². The van der Waals surface area contributed by atoms with Crippen molar-refractivity contribution in [2.24, 2.45) is 5.84 Å². The lowest BCUT2D eigenvalue weighted by Gasteiger charge is -2.06. The number of nitrogens with zero attached hydrogens (tertiary/aromatic N) is 2.